The summed E-state index contributed by atoms with van der Waals surface area (Å²) in [4.78, 5) is 46.8. The quantitative estimate of drug-likeness (QED) is 0.584. The maximum atomic E-state index is 12.6. The van der Waals surface area contributed by atoms with E-state index >= 15 is 0 Å². The molecule has 0 heterocycles. The lowest BCUT2D eigenvalue weighted by molar-refractivity contribution is -0.137. The van der Waals surface area contributed by atoms with Crippen LogP contribution >= 0.6 is 0 Å². The smallest absolute Gasteiger partial charge is 0.303 e. The average molecular weight is 449 g/mol. The molecule has 0 radical (unpaired) electrons. The van der Waals surface area contributed by atoms with E-state index in [1.54, 1.807) is 0 Å². The van der Waals surface area contributed by atoms with Crippen LogP contribution in [0, 0.1) is 19.3 Å². The number of benzene rings is 2. The van der Waals surface area contributed by atoms with Gasteiger partial charge in [0.15, 0.2) is 11.6 Å². The number of Topliss-reactive ketones (excluding diaryl/α,β-unsaturated/α-hetero) is 2. The van der Waals surface area contributed by atoms with E-state index in [4.69, 9.17) is 10.2 Å². The van der Waals surface area contributed by atoms with Gasteiger partial charge < -0.3 is 10.2 Å². The zero-order valence-corrected chi connectivity index (χ0v) is 19.0. The molecular weight excluding hydrogens is 420 g/mol. The summed E-state index contributed by atoms with van der Waals surface area (Å²) in [6.07, 6.45) is 3.18. The van der Waals surface area contributed by atoms with Gasteiger partial charge in [0.25, 0.3) is 0 Å². The predicted molar refractivity (Wildman–Crippen MR) is 122 cm³/mol. The minimum absolute atomic E-state index is 0.00348. The molecule has 4 rings (SSSR count). The second kappa shape index (κ2) is 8.58. The predicted octanol–water partition coefficient (Wildman–Crippen LogP) is 4.28. The molecule has 2 aromatic carbocycles. The SMILES string of the molecule is Cc1cc2c(cc1C(=O)CCC(=O)O)CC1(C2)Cc2cc(C)c(C(=O)CCC(=O)O)cc2C1. The van der Waals surface area contributed by atoms with E-state index in [1.165, 1.54) is 11.1 Å². The molecule has 0 aliphatic heterocycles. The Balaban J connectivity index is 1.54. The van der Waals surface area contributed by atoms with Gasteiger partial charge in [0, 0.05) is 24.0 Å². The summed E-state index contributed by atoms with van der Waals surface area (Å²) in [5.74, 6) is -2.20. The van der Waals surface area contributed by atoms with E-state index in [2.05, 4.69) is 12.1 Å². The van der Waals surface area contributed by atoms with Crippen LogP contribution in [0.4, 0.5) is 0 Å². The first kappa shape index (κ1) is 22.9. The molecule has 0 unspecified atom stereocenters. The largest absolute Gasteiger partial charge is 0.481 e. The third kappa shape index (κ3) is 4.61. The number of carbonyl (C=O) groups is 4. The summed E-state index contributed by atoms with van der Waals surface area (Å²) >= 11 is 0. The molecule has 33 heavy (non-hydrogen) atoms. The first-order chi connectivity index (χ1) is 15.6. The van der Waals surface area contributed by atoms with Gasteiger partial charge in [-0.2, -0.15) is 0 Å². The van der Waals surface area contributed by atoms with E-state index in [-0.39, 0.29) is 42.7 Å². The minimum atomic E-state index is -0.971. The van der Waals surface area contributed by atoms with Gasteiger partial charge in [-0.25, -0.2) is 0 Å². The lowest BCUT2D eigenvalue weighted by atomic mass is 9.82. The molecular formula is C27H28O6. The molecule has 6 heteroatoms. The van der Waals surface area contributed by atoms with E-state index in [0.29, 0.717) is 11.1 Å². The van der Waals surface area contributed by atoms with Crippen molar-refractivity contribution >= 4 is 23.5 Å². The lowest BCUT2D eigenvalue weighted by Gasteiger charge is -2.21. The number of hydrogen-bond acceptors (Lipinski definition) is 4. The maximum Gasteiger partial charge on any atom is 0.303 e. The number of carboxylic acid groups (broad SMARTS) is 2. The highest BCUT2D eigenvalue weighted by molar-refractivity contribution is 5.99. The van der Waals surface area contributed by atoms with Crippen molar-refractivity contribution in [3.8, 4) is 0 Å². The van der Waals surface area contributed by atoms with Crippen molar-refractivity contribution in [3.05, 3.63) is 68.8 Å². The minimum Gasteiger partial charge on any atom is -0.481 e. The number of fused-ring (bicyclic) bond motifs is 2. The summed E-state index contributed by atoms with van der Waals surface area (Å²) in [6, 6.07) is 8.07. The van der Waals surface area contributed by atoms with Crippen molar-refractivity contribution in [1.29, 1.82) is 0 Å². The Morgan fingerprint density at radius 3 is 1.30 bits per heavy atom. The van der Waals surface area contributed by atoms with Crippen LogP contribution in [0.15, 0.2) is 24.3 Å². The summed E-state index contributed by atoms with van der Waals surface area (Å²) < 4.78 is 0. The number of aryl methyl sites for hydroxylation is 2. The summed E-state index contributed by atoms with van der Waals surface area (Å²) in [5, 5.41) is 17.8. The molecule has 0 fully saturated rings. The highest BCUT2D eigenvalue weighted by Crippen LogP contribution is 2.48. The van der Waals surface area contributed by atoms with Crippen LogP contribution in [0.3, 0.4) is 0 Å². The number of carboxylic acids is 2. The van der Waals surface area contributed by atoms with Gasteiger partial charge in [0.05, 0.1) is 12.8 Å². The van der Waals surface area contributed by atoms with Crippen LogP contribution < -0.4 is 0 Å². The number of ketones is 2. The van der Waals surface area contributed by atoms with Gasteiger partial charge in [-0.1, -0.05) is 12.1 Å². The van der Waals surface area contributed by atoms with Crippen molar-refractivity contribution in [2.75, 3.05) is 0 Å². The van der Waals surface area contributed by atoms with Gasteiger partial charge >= 0.3 is 11.9 Å². The molecule has 0 saturated heterocycles. The van der Waals surface area contributed by atoms with Gasteiger partial charge in [-0.15, -0.1) is 0 Å². The lowest BCUT2D eigenvalue weighted by Crippen LogP contribution is -2.21. The fourth-order valence-electron chi connectivity index (χ4n) is 5.59. The zero-order chi connectivity index (χ0) is 23.9. The van der Waals surface area contributed by atoms with Crippen molar-refractivity contribution in [1.82, 2.24) is 0 Å². The topological polar surface area (TPSA) is 109 Å². The van der Waals surface area contributed by atoms with Crippen molar-refractivity contribution in [3.63, 3.8) is 0 Å². The van der Waals surface area contributed by atoms with Crippen molar-refractivity contribution in [2.24, 2.45) is 5.41 Å². The Kier molecular flexibility index (Phi) is 5.95. The average Bonchev–Trinajstić information content (AvgIpc) is 3.25. The number of aliphatic carboxylic acids is 2. The second-order valence-corrected chi connectivity index (χ2v) is 9.71. The monoisotopic (exact) mass is 448 g/mol. The third-order valence-electron chi connectivity index (χ3n) is 7.09. The van der Waals surface area contributed by atoms with Crippen molar-refractivity contribution in [2.45, 2.75) is 65.2 Å². The molecule has 0 bridgehead atoms. The van der Waals surface area contributed by atoms with Crippen LogP contribution in [-0.2, 0) is 35.3 Å². The maximum absolute atomic E-state index is 12.6. The van der Waals surface area contributed by atoms with Crippen LogP contribution in [0.2, 0.25) is 0 Å². The van der Waals surface area contributed by atoms with Gasteiger partial charge in [-0.3, -0.25) is 19.2 Å². The number of hydrogen-bond donors (Lipinski definition) is 2. The molecule has 2 aliphatic carbocycles. The molecule has 2 aromatic rings. The van der Waals surface area contributed by atoms with E-state index in [0.717, 1.165) is 47.9 Å². The zero-order valence-electron chi connectivity index (χ0n) is 19.0. The molecule has 2 aliphatic rings. The molecule has 0 amide bonds. The Morgan fingerprint density at radius 1 is 0.636 bits per heavy atom. The van der Waals surface area contributed by atoms with E-state index < -0.39 is 11.9 Å². The second-order valence-electron chi connectivity index (χ2n) is 9.71. The summed E-state index contributed by atoms with van der Waals surface area (Å²) in [7, 11) is 0. The molecule has 0 saturated carbocycles. The standard InChI is InChI=1S/C27H28O6/c1-15-7-17-11-27(13-19(17)9-21(15)23(28)3-5-25(30)31)12-18-8-16(2)22(10-20(18)14-27)24(29)4-6-26(32)33/h7-10H,3-6,11-14H2,1-2H3,(H,30,31)(H,32,33). The highest BCUT2D eigenvalue weighted by atomic mass is 16.4. The first-order valence-electron chi connectivity index (χ1n) is 11.3. The van der Waals surface area contributed by atoms with Gasteiger partial charge in [-0.05, 0) is 90.5 Å². The molecule has 0 aromatic heterocycles. The number of rotatable bonds is 8. The van der Waals surface area contributed by atoms with Crippen LogP contribution in [0.25, 0.3) is 0 Å². The molecule has 0 atom stereocenters. The first-order valence-corrected chi connectivity index (χ1v) is 11.3. The van der Waals surface area contributed by atoms with Gasteiger partial charge in [0.1, 0.15) is 0 Å². The third-order valence-corrected chi connectivity index (χ3v) is 7.09. The van der Waals surface area contributed by atoms with E-state index in [9.17, 15) is 19.2 Å². The van der Waals surface area contributed by atoms with Crippen molar-refractivity contribution < 1.29 is 29.4 Å². The van der Waals surface area contributed by atoms with Crippen LogP contribution in [0.5, 0.6) is 0 Å². The Morgan fingerprint density at radius 2 is 0.970 bits per heavy atom. The van der Waals surface area contributed by atoms with Crippen LogP contribution in [-0.4, -0.2) is 33.7 Å². The van der Waals surface area contributed by atoms with Crippen LogP contribution in [0.1, 0.15) is 79.8 Å². The fourth-order valence-corrected chi connectivity index (χ4v) is 5.59. The molecule has 6 nitrogen and oxygen atoms in total. The Labute approximate surface area is 192 Å². The van der Waals surface area contributed by atoms with Gasteiger partial charge in [0.2, 0.25) is 0 Å². The Bertz CT molecular complexity index is 1100. The molecule has 1 spiro atoms. The molecule has 172 valence electrons. The summed E-state index contributed by atoms with van der Waals surface area (Å²) in [6.45, 7) is 3.81. The Hall–Kier alpha value is -3.28. The fraction of sp³-hybridized carbons (Fsp3) is 0.407. The molecule has 2 N–H and O–H groups in total. The summed E-state index contributed by atoms with van der Waals surface area (Å²) in [5.41, 5.74) is 7.82. The normalized spacial score (nSPS) is 15.3. The van der Waals surface area contributed by atoms with E-state index in [1.807, 2.05) is 26.0 Å². The number of carbonyl (C=O) groups excluding carboxylic acids is 2. The highest BCUT2D eigenvalue weighted by Gasteiger charge is 2.42.